The van der Waals surface area contributed by atoms with Crippen LogP contribution >= 0.6 is 11.8 Å². The monoisotopic (exact) mass is 375 g/mol. The maximum Gasteiger partial charge on any atom is 0.254 e. The van der Waals surface area contributed by atoms with Gasteiger partial charge in [0.15, 0.2) is 0 Å². The molecule has 1 aliphatic heterocycles. The maximum absolute atomic E-state index is 14.2. The van der Waals surface area contributed by atoms with Crippen molar-refractivity contribution in [3.8, 4) is 5.88 Å². The number of hydrogen-bond acceptors (Lipinski definition) is 5. The third-order valence-electron chi connectivity index (χ3n) is 4.27. The fourth-order valence-electron chi connectivity index (χ4n) is 2.86. The van der Waals surface area contributed by atoms with Crippen LogP contribution < -0.4 is 4.74 Å². The zero-order chi connectivity index (χ0) is 18.4. The second-order valence-electron chi connectivity index (χ2n) is 6.07. The molecule has 1 fully saturated rings. The number of carbonyl (C=O) groups excluding carboxylic acids is 1. The minimum Gasteiger partial charge on any atom is -0.470 e. The summed E-state index contributed by atoms with van der Waals surface area (Å²) in [5, 5.41) is 0. The summed E-state index contributed by atoms with van der Waals surface area (Å²) in [5.74, 6) is 0.331. The Morgan fingerprint density at radius 1 is 1.35 bits per heavy atom. The SMILES string of the molecule is CCc1ncnc(OC2CCN(C(=O)CCSc3ccccc3)C2)c1F. The maximum atomic E-state index is 14.2. The average Bonchev–Trinajstić information content (AvgIpc) is 3.13. The van der Waals surface area contributed by atoms with Crippen LogP contribution in [0.3, 0.4) is 0 Å². The van der Waals surface area contributed by atoms with E-state index in [0.717, 1.165) is 10.6 Å². The normalized spacial score (nSPS) is 16.7. The number of carbonyl (C=O) groups is 1. The van der Waals surface area contributed by atoms with E-state index in [1.54, 1.807) is 16.7 Å². The number of thioether (sulfide) groups is 1. The molecule has 1 aromatic carbocycles. The van der Waals surface area contributed by atoms with Crippen molar-refractivity contribution < 1.29 is 13.9 Å². The first kappa shape index (κ1) is 18.6. The van der Waals surface area contributed by atoms with Crippen LogP contribution in [0.4, 0.5) is 4.39 Å². The van der Waals surface area contributed by atoms with Crippen LogP contribution in [-0.4, -0.2) is 45.7 Å². The molecule has 0 aliphatic carbocycles. The first-order chi connectivity index (χ1) is 12.7. The van der Waals surface area contributed by atoms with E-state index in [4.69, 9.17) is 4.74 Å². The first-order valence-corrected chi connectivity index (χ1v) is 9.77. The van der Waals surface area contributed by atoms with Crippen molar-refractivity contribution in [3.05, 3.63) is 48.2 Å². The highest BCUT2D eigenvalue weighted by atomic mass is 32.2. The molecule has 0 N–H and O–H groups in total. The Balaban J connectivity index is 1.46. The smallest absolute Gasteiger partial charge is 0.254 e. The fraction of sp³-hybridized carbons (Fsp3) is 0.421. The van der Waals surface area contributed by atoms with Crippen LogP contribution in [0.5, 0.6) is 5.88 Å². The summed E-state index contributed by atoms with van der Waals surface area (Å²) in [6.07, 6.45) is 2.74. The molecule has 7 heteroatoms. The van der Waals surface area contributed by atoms with Gasteiger partial charge in [-0.15, -0.1) is 11.8 Å². The molecule has 1 aliphatic rings. The highest BCUT2D eigenvalue weighted by Gasteiger charge is 2.28. The summed E-state index contributed by atoms with van der Waals surface area (Å²) < 4.78 is 19.9. The molecule has 1 unspecified atom stereocenters. The molecule has 0 radical (unpaired) electrons. The molecule has 1 aromatic heterocycles. The lowest BCUT2D eigenvalue weighted by molar-refractivity contribution is -0.129. The molecule has 2 aromatic rings. The highest BCUT2D eigenvalue weighted by Crippen LogP contribution is 2.22. The van der Waals surface area contributed by atoms with E-state index in [-0.39, 0.29) is 17.9 Å². The van der Waals surface area contributed by atoms with Crippen LogP contribution in [0.1, 0.15) is 25.5 Å². The van der Waals surface area contributed by atoms with Gasteiger partial charge in [0, 0.05) is 30.0 Å². The van der Waals surface area contributed by atoms with E-state index in [1.165, 1.54) is 6.33 Å². The van der Waals surface area contributed by atoms with Crippen LogP contribution in [0.15, 0.2) is 41.6 Å². The second-order valence-corrected chi connectivity index (χ2v) is 7.24. The average molecular weight is 375 g/mol. The number of aryl methyl sites for hydroxylation is 1. The van der Waals surface area contributed by atoms with Crippen LogP contribution in [0.2, 0.25) is 0 Å². The number of benzene rings is 1. The van der Waals surface area contributed by atoms with E-state index in [1.807, 2.05) is 37.3 Å². The Morgan fingerprint density at radius 2 is 2.15 bits per heavy atom. The van der Waals surface area contributed by atoms with Crippen molar-refractivity contribution in [1.82, 2.24) is 14.9 Å². The summed E-state index contributed by atoms with van der Waals surface area (Å²) in [6, 6.07) is 10.0. The number of amides is 1. The van der Waals surface area contributed by atoms with Crippen molar-refractivity contribution in [2.45, 2.75) is 37.2 Å². The minimum absolute atomic E-state index is 0.0178. The molecule has 1 atom stereocenters. The largest absolute Gasteiger partial charge is 0.470 e. The van der Waals surface area contributed by atoms with E-state index in [2.05, 4.69) is 9.97 Å². The van der Waals surface area contributed by atoms with Crippen molar-refractivity contribution in [3.63, 3.8) is 0 Å². The molecule has 1 amide bonds. The molecule has 3 rings (SSSR count). The Labute approximate surface area is 157 Å². The Hall–Kier alpha value is -2.15. The van der Waals surface area contributed by atoms with Gasteiger partial charge in [-0.25, -0.2) is 4.98 Å². The van der Waals surface area contributed by atoms with Gasteiger partial charge in [0.05, 0.1) is 12.2 Å². The summed E-state index contributed by atoms with van der Waals surface area (Å²) >= 11 is 1.67. The topological polar surface area (TPSA) is 55.3 Å². The van der Waals surface area contributed by atoms with E-state index in [9.17, 15) is 9.18 Å². The number of ether oxygens (including phenoxy) is 1. The zero-order valence-corrected chi connectivity index (χ0v) is 15.5. The van der Waals surface area contributed by atoms with Crippen molar-refractivity contribution >= 4 is 17.7 Å². The molecule has 2 heterocycles. The highest BCUT2D eigenvalue weighted by molar-refractivity contribution is 7.99. The van der Waals surface area contributed by atoms with Gasteiger partial charge in [-0.2, -0.15) is 9.37 Å². The minimum atomic E-state index is -0.501. The van der Waals surface area contributed by atoms with Gasteiger partial charge in [0.25, 0.3) is 5.88 Å². The van der Waals surface area contributed by atoms with Gasteiger partial charge in [-0.05, 0) is 18.6 Å². The Kier molecular flexibility index (Phi) is 6.44. The Morgan fingerprint density at radius 3 is 2.92 bits per heavy atom. The number of nitrogens with zero attached hydrogens (tertiary/aromatic N) is 3. The number of aromatic nitrogens is 2. The molecule has 0 saturated carbocycles. The fourth-order valence-corrected chi connectivity index (χ4v) is 3.72. The lowest BCUT2D eigenvalue weighted by Gasteiger charge is -2.17. The zero-order valence-electron chi connectivity index (χ0n) is 14.7. The van der Waals surface area contributed by atoms with Crippen LogP contribution in [0, 0.1) is 5.82 Å². The Bertz CT molecular complexity index is 745. The van der Waals surface area contributed by atoms with E-state index >= 15 is 0 Å². The second kappa shape index (κ2) is 8.98. The van der Waals surface area contributed by atoms with Gasteiger partial charge in [0.1, 0.15) is 12.4 Å². The summed E-state index contributed by atoms with van der Waals surface area (Å²) in [6.45, 7) is 2.94. The van der Waals surface area contributed by atoms with Crippen molar-refractivity contribution in [2.24, 2.45) is 0 Å². The van der Waals surface area contributed by atoms with Gasteiger partial charge >= 0.3 is 0 Å². The number of hydrogen-bond donors (Lipinski definition) is 0. The molecule has 0 spiro atoms. The van der Waals surface area contributed by atoms with Crippen LogP contribution in [0.25, 0.3) is 0 Å². The predicted octanol–water partition coefficient (Wildman–Crippen LogP) is 3.34. The summed E-state index contributed by atoms with van der Waals surface area (Å²) in [4.78, 5) is 23.1. The molecular weight excluding hydrogens is 353 g/mol. The van der Waals surface area contributed by atoms with Gasteiger partial charge < -0.3 is 9.64 Å². The van der Waals surface area contributed by atoms with E-state index < -0.39 is 5.82 Å². The molecule has 5 nitrogen and oxygen atoms in total. The number of likely N-dealkylation sites (tertiary alicyclic amines) is 1. The van der Waals surface area contributed by atoms with Gasteiger partial charge in [0.2, 0.25) is 11.7 Å². The number of rotatable bonds is 7. The van der Waals surface area contributed by atoms with Gasteiger partial charge in [-0.1, -0.05) is 25.1 Å². The van der Waals surface area contributed by atoms with Crippen molar-refractivity contribution in [1.29, 1.82) is 0 Å². The molecule has 0 bridgehead atoms. The van der Waals surface area contributed by atoms with Gasteiger partial charge in [-0.3, -0.25) is 4.79 Å². The lowest BCUT2D eigenvalue weighted by atomic mass is 10.3. The molecular formula is C19H22FN3O2S. The molecule has 138 valence electrons. The summed E-state index contributed by atoms with van der Waals surface area (Å²) in [7, 11) is 0. The quantitative estimate of drug-likeness (QED) is 0.695. The first-order valence-electron chi connectivity index (χ1n) is 8.79. The van der Waals surface area contributed by atoms with Crippen molar-refractivity contribution in [2.75, 3.05) is 18.8 Å². The van der Waals surface area contributed by atoms with E-state index in [0.29, 0.717) is 38.0 Å². The third kappa shape index (κ3) is 4.72. The predicted molar refractivity (Wildman–Crippen MR) is 98.8 cm³/mol. The standard InChI is InChI=1S/C19H22FN3O2S/c1-2-16-18(20)19(22-13-21-16)25-14-8-10-23(12-14)17(24)9-11-26-15-6-4-3-5-7-15/h3-7,13-14H,2,8-12H2,1H3. The lowest BCUT2D eigenvalue weighted by Crippen LogP contribution is -2.31. The molecule has 26 heavy (non-hydrogen) atoms. The number of halogens is 1. The van der Waals surface area contributed by atoms with Crippen LogP contribution in [-0.2, 0) is 11.2 Å². The summed E-state index contributed by atoms with van der Waals surface area (Å²) in [5.41, 5.74) is 0.346. The molecule has 1 saturated heterocycles. The third-order valence-corrected chi connectivity index (χ3v) is 5.28.